The van der Waals surface area contributed by atoms with Gasteiger partial charge in [0, 0.05) is 18.8 Å². The van der Waals surface area contributed by atoms with Gasteiger partial charge >= 0.3 is 6.09 Å². The summed E-state index contributed by atoms with van der Waals surface area (Å²) >= 11 is 1.61. The number of carbonyl (C=O) groups excluding carboxylic acids is 2. The Balaban J connectivity index is 2.00. The molecule has 0 bridgehead atoms. The Morgan fingerprint density at radius 3 is 2.42 bits per heavy atom. The molecule has 6 heteroatoms. The summed E-state index contributed by atoms with van der Waals surface area (Å²) in [7, 11) is 0. The maximum Gasteiger partial charge on any atom is 0.411 e. The summed E-state index contributed by atoms with van der Waals surface area (Å²) in [5, 5.41) is 0. The molecule has 2 amide bonds. The van der Waals surface area contributed by atoms with Crippen LogP contribution in [0.3, 0.4) is 0 Å². The first-order valence-corrected chi connectivity index (χ1v) is 7.90. The topological polar surface area (TPSA) is 49.9 Å². The molecule has 0 saturated carbocycles. The Labute approximate surface area is 118 Å². The van der Waals surface area contributed by atoms with E-state index < -0.39 is 5.60 Å². The minimum atomic E-state index is -0.522. The molecule has 2 aliphatic rings. The summed E-state index contributed by atoms with van der Waals surface area (Å²) in [6, 6.07) is -0.349. The molecule has 5 nitrogen and oxygen atoms in total. The lowest BCUT2D eigenvalue weighted by atomic mass is 10.2. The smallest absolute Gasteiger partial charge is 0.411 e. The Morgan fingerprint density at radius 2 is 1.84 bits per heavy atom. The zero-order chi connectivity index (χ0) is 14.0. The number of likely N-dealkylation sites (tertiary alicyclic amines) is 1. The van der Waals surface area contributed by atoms with Gasteiger partial charge in [-0.15, -0.1) is 11.8 Å². The van der Waals surface area contributed by atoms with Crippen molar-refractivity contribution in [1.29, 1.82) is 0 Å². The van der Waals surface area contributed by atoms with Crippen LogP contribution in [0.1, 0.15) is 33.6 Å². The minimum Gasteiger partial charge on any atom is -0.444 e. The summed E-state index contributed by atoms with van der Waals surface area (Å²) in [5.41, 5.74) is -0.522. The van der Waals surface area contributed by atoms with E-state index in [0.717, 1.165) is 25.9 Å². The molecule has 2 fully saturated rings. The van der Waals surface area contributed by atoms with Crippen molar-refractivity contribution in [3.05, 3.63) is 0 Å². The highest BCUT2D eigenvalue weighted by molar-refractivity contribution is 7.99. The number of hydrogen-bond acceptors (Lipinski definition) is 4. The number of thioether (sulfide) groups is 1. The Kier molecular flexibility index (Phi) is 4.28. The minimum absolute atomic E-state index is 0.0772. The molecule has 2 saturated heterocycles. The highest BCUT2D eigenvalue weighted by Gasteiger charge is 2.39. The van der Waals surface area contributed by atoms with Crippen molar-refractivity contribution in [2.75, 3.05) is 24.7 Å². The molecule has 0 spiro atoms. The molecule has 2 aliphatic heterocycles. The number of rotatable bonds is 1. The van der Waals surface area contributed by atoms with Gasteiger partial charge in [0.1, 0.15) is 11.6 Å². The van der Waals surface area contributed by atoms with E-state index in [9.17, 15) is 9.59 Å². The molecule has 2 heterocycles. The molecule has 0 unspecified atom stereocenters. The van der Waals surface area contributed by atoms with Gasteiger partial charge in [0.15, 0.2) is 0 Å². The molecule has 0 radical (unpaired) electrons. The first kappa shape index (κ1) is 14.5. The molecule has 0 aromatic rings. The van der Waals surface area contributed by atoms with Crippen molar-refractivity contribution < 1.29 is 14.3 Å². The summed E-state index contributed by atoms with van der Waals surface area (Å²) in [5.74, 6) is 1.29. The van der Waals surface area contributed by atoms with Crippen molar-refractivity contribution in [3.8, 4) is 0 Å². The zero-order valence-electron chi connectivity index (χ0n) is 11.8. The van der Waals surface area contributed by atoms with E-state index in [2.05, 4.69) is 0 Å². The quantitative estimate of drug-likeness (QED) is 0.739. The van der Waals surface area contributed by atoms with E-state index in [1.165, 1.54) is 0 Å². The van der Waals surface area contributed by atoms with Crippen molar-refractivity contribution in [2.45, 2.75) is 45.3 Å². The number of ether oxygens (including phenoxy) is 1. The van der Waals surface area contributed by atoms with Crippen molar-refractivity contribution in [3.63, 3.8) is 0 Å². The van der Waals surface area contributed by atoms with Crippen LogP contribution in [0.2, 0.25) is 0 Å². The number of hydrogen-bond donors (Lipinski definition) is 0. The van der Waals surface area contributed by atoms with Gasteiger partial charge in [-0.3, -0.25) is 9.69 Å². The van der Waals surface area contributed by atoms with Gasteiger partial charge in [0.2, 0.25) is 5.91 Å². The average Bonchev–Trinajstić information content (AvgIpc) is 2.97. The zero-order valence-corrected chi connectivity index (χ0v) is 12.7. The second-order valence-corrected chi connectivity index (χ2v) is 7.00. The van der Waals surface area contributed by atoms with E-state index in [1.807, 2.05) is 25.7 Å². The Bertz CT molecular complexity index is 361. The highest BCUT2D eigenvalue weighted by Crippen LogP contribution is 2.25. The first-order valence-electron chi connectivity index (χ1n) is 6.74. The fourth-order valence-electron chi connectivity index (χ4n) is 2.30. The predicted molar refractivity (Wildman–Crippen MR) is 75.0 cm³/mol. The van der Waals surface area contributed by atoms with Crippen LogP contribution >= 0.6 is 11.8 Å². The summed E-state index contributed by atoms with van der Waals surface area (Å²) in [6.45, 7) is 7.16. The fourth-order valence-corrected chi connectivity index (χ4v) is 3.43. The van der Waals surface area contributed by atoms with Gasteiger partial charge in [-0.2, -0.15) is 0 Å². The number of carbonyl (C=O) groups is 2. The van der Waals surface area contributed by atoms with Crippen LogP contribution in [0, 0.1) is 0 Å². The van der Waals surface area contributed by atoms with Crippen LogP contribution in [-0.2, 0) is 9.53 Å². The van der Waals surface area contributed by atoms with Gasteiger partial charge in [0.25, 0.3) is 0 Å². The Morgan fingerprint density at radius 1 is 1.21 bits per heavy atom. The third kappa shape index (κ3) is 3.55. The molecule has 0 aromatic carbocycles. The van der Waals surface area contributed by atoms with E-state index >= 15 is 0 Å². The monoisotopic (exact) mass is 286 g/mol. The normalized spacial score (nSPS) is 23.8. The van der Waals surface area contributed by atoms with Crippen LogP contribution < -0.4 is 0 Å². The standard InChI is InChI=1S/C13H22N2O3S/c1-13(2,3)18-12(17)15-9-19-8-10(15)11(16)14-6-4-5-7-14/h10H,4-9H2,1-3H3/t10-/m0/s1. The lowest BCUT2D eigenvalue weighted by Crippen LogP contribution is -2.49. The largest absolute Gasteiger partial charge is 0.444 e. The lowest BCUT2D eigenvalue weighted by molar-refractivity contribution is -0.134. The first-order chi connectivity index (χ1) is 8.88. The lowest BCUT2D eigenvalue weighted by Gasteiger charge is -2.29. The van der Waals surface area contributed by atoms with E-state index in [-0.39, 0.29) is 18.0 Å². The highest BCUT2D eigenvalue weighted by atomic mass is 32.2. The van der Waals surface area contributed by atoms with Gasteiger partial charge in [0.05, 0.1) is 5.88 Å². The Hall–Kier alpha value is -0.910. The van der Waals surface area contributed by atoms with Crippen molar-refractivity contribution in [2.24, 2.45) is 0 Å². The molecule has 1 atom stereocenters. The molecule has 19 heavy (non-hydrogen) atoms. The van der Waals surface area contributed by atoms with Crippen molar-refractivity contribution in [1.82, 2.24) is 9.80 Å². The predicted octanol–water partition coefficient (Wildman–Crippen LogP) is 1.92. The van der Waals surface area contributed by atoms with Gasteiger partial charge in [-0.25, -0.2) is 4.79 Å². The molecule has 108 valence electrons. The molecule has 2 rings (SSSR count). The SMILES string of the molecule is CC(C)(C)OC(=O)N1CSC[C@H]1C(=O)N1CCCC1. The van der Waals surface area contributed by atoms with Crippen molar-refractivity contribution >= 4 is 23.8 Å². The average molecular weight is 286 g/mol. The maximum absolute atomic E-state index is 12.4. The fraction of sp³-hybridized carbons (Fsp3) is 0.846. The number of nitrogens with zero attached hydrogens (tertiary/aromatic N) is 2. The maximum atomic E-state index is 12.4. The summed E-state index contributed by atoms with van der Waals surface area (Å²) in [4.78, 5) is 27.9. The van der Waals surface area contributed by atoms with Crippen LogP contribution in [-0.4, -0.2) is 58.2 Å². The molecule has 0 N–H and O–H groups in total. The second kappa shape index (κ2) is 5.61. The second-order valence-electron chi connectivity index (χ2n) is 6.00. The van der Waals surface area contributed by atoms with E-state index in [0.29, 0.717) is 11.6 Å². The molecular weight excluding hydrogens is 264 g/mol. The number of amides is 2. The summed E-state index contributed by atoms with van der Waals surface area (Å²) in [6.07, 6.45) is 1.76. The van der Waals surface area contributed by atoms with Gasteiger partial charge in [-0.1, -0.05) is 0 Å². The van der Waals surface area contributed by atoms with Crippen LogP contribution in [0.15, 0.2) is 0 Å². The van der Waals surface area contributed by atoms with Crippen LogP contribution in [0.5, 0.6) is 0 Å². The van der Waals surface area contributed by atoms with E-state index in [4.69, 9.17) is 4.74 Å². The van der Waals surface area contributed by atoms with Crippen LogP contribution in [0.4, 0.5) is 4.79 Å². The van der Waals surface area contributed by atoms with Gasteiger partial charge in [-0.05, 0) is 33.6 Å². The summed E-state index contributed by atoms with van der Waals surface area (Å²) < 4.78 is 5.37. The van der Waals surface area contributed by atoms with Gasteiger partial charge < -0.3 is 9.64 Å². The third-order valence-corrected chi connectivity index (χ3v) is 4.23. The molecule has 0 aromatic heterocycles. The van der Waals surface area contributed by atoms with Crippen LogP contribution in [0.25, 0.3) is 0 Å². The molecule has 0 aliphatic carbocycles. The molecular formula is C13H22N2O3S. The van der Waals surface area contributed by atoms with E-state index in [1.54, 1.807) is 16.7 Å². The third-order valence-electron chi connectivity index (χ3n) is 3.21.